The molecule has 4 rings (SSSR count). The highest BCUT2D eigenvalue weighted by molar-refractivity contribution is 7.73. The van der Waals surface area contributed by atoms with E-state index in [4.69, 9.17) is 17.3 Å². The molecule has 0 atom stereocenters. The summed E-state index contributed by atoms with van der Waals surface area (Å²) in [5.74, 6) is -1.46. The van der Waals surface area contributed by atoms with E-state index in [0.717, 1.165) is 11.3 Å². The minimum absolute atomic E-state index is 0.0860. The summed E-state index contributed by atoms with van der Waals surface area (Å²) in [5.41, 5.74) is 1.56. The molecule has 8 heteroatoms. The molecule has 2 heterocycles. The second kappa shape index (κ2) is 6.57. The van der Waals surface area contributed by atoms with E-state index in [1.807, 2.05) is 0 Å². The molecule has 27 heavy (non-hydrogen) atoms. The van der Waals surface area contributed by atoms with E-state index in [0.29, 0.717) is 36.2 Å². The number of thiazole rings is 1. The smallest absolute Gasteiger partial charge is 0.307 e. The number of carboxylic acid groups (broad SMARTS) is 1. The number of carbonyl (C=O) groups is 2. The molecular weight excluding hydrogens is 384 g/mol. The van der Waals surface area contributed by atoms with Gasteiger partial charge in [-0.15, -0.1) is 11.3 Å². The van der Waals surface area contributed by atoms with E-state index in [1.165, 1.54) is 4.57 Å². The zero-order valence-electron chi connectivity index (χ0n) is 13.7. The Morgan fingerprint density at radius 2 is 1.85 bits per heavy atom. The van der Waals surface area contributed by atoms with Crippen molar-refractivity contribution in [3.63, 3.8) is 0 Å². The minimum atomic E-state index is -0.918. The molecule has 0 bridgehead atoms. The standard InChI is InChI=1S/C19H12N2O4S2/c22-14(23)9-10-5-7-11(8-6-10)21-18(25)16(27-19(21)26)15-12-3-1-2-4-13(12)20-17(15)24/h1-8,25H,9H2,(H,22,23). The number of aromatic nitrogens is 1. The number of nitrogens with zero attached hydrogens (tertiary/aromatic N) is 2. The van der Waals surface area contributed by atoms with Crippen molar-refractivity contribution in [3.8, 4) is 11.6 Å². The van der Waals surface area contributed by atoms with Crippen LogP contribution in [0.15, 0.2) is 53.5 Å². The van der Waals surface area contributed by atoms with Crippen molar-refractivity contribution in [1.82, 2.24) is 4.57 Å². The lowest BCUT2D eigenvalue weighted by atomic mass is 10.1. The average Bonchev–Trinajstić information content (AvgIpc) is 3.10. The molecular formula is C19H12N2O4S2. The van der Waals surface area contributed by atoms with Crippen molar-refractivity contribution in [2.24, 2.45) is 4.99 Å². The predicted molar refractivity (Wildman–Crippen MR) is 102 cm³/mol. The second-order valence-corrected chi connectivity index (χ2v) is 7.55. The third-order valence-corrected chi connectivity index (χ3v) is 5.55. The van der Waals surface area contributed by atoms with Crippen molar-refractivity contribution in [2.75, 3.05) is 0 Å². The largest absolute Gasteiger partial charge is 0.493 e. The van der Waals surface area contributed by atoms with Crippen LogP contribution in [0.4, 0.5) is 0 Å². The van der Waals surface area contributed by atoms with Crippen LogP contribution < -0.4 is 10.6 Å². The molecule has 3 aromatic rings. The first kappa shape index (κ1) is 17.3. The maximum absolute atomic E-state index is 12.4. The first-order valence-corrected chi connectivity index (χ1v) is 9.17. The van der Waals surface area contributed by atoms with Crippen LogP contribution in [0, 0.1) is 3.95 Å². The average molecular weight is 396 g/mol. The van der Waals surface area contributed by atoms with Gasteiger partial charge >= 0.3 is 5.97 Å². The quantitative estimate of drug-likeness (QED) is 0.658. The van der Waals surface area contributed by atoms with Crippen molar-refractivity contribution in [1.29, 1.82) is 0 Å². The van der Waals surface area contributed by atoms with Crippen LogP contribution in [0.1, 0.15) is 10.4 Å². The summed E-state index contributed by atoms with van der Waals surface area (Å²) >= 11 is 6.52. The van der Waals surface area contributed by atoms with Crippen molar-refractivity contribution >= 4 is 41.0 Å². The Labute approximate surface area is 162 Å². The molecule has 2 N–H and O–H groups in total. The summed E-state index contributed by atoms with van der Waals surface area (Å²) in [5, 5.41) is 20.9. The van der Waals surface area contributed by atoms with E-state index >= 15 is 0 Å². The number of carbonyl (C=O) groups excluding carboxylic acids is 1. The summed E-state index contributed by atoms with van der Waals surface area (Å²) in [7, 11) is 0. The highest BCUT2D eigenvalue weighted by Gasteiger charge is 2.25. The Morgan fingerprint density at radius 3 is 2.56 bits per heavy atom. The minimum Gasteiger partial charge on any atom is -0.493 e. The van der Waals surface area contributed by atoms with Gasteiger partial charge in [0, 0.05) is 5.22 Å². The molecule has 1 amide bonds. The lowest BCUT2D eigenvalue weighted by Gasteiger charge is -2.06. The van der Waals surface area contributed by atoms with E-state index < -0.39 is 11.9 Å². The number of rotatable bonds is 4. The van der Waals surface area contributed by atoms with Crippen LogP contribution in [0.25, 0.3) is 11.3 Å². The normalized spacial score (nSPS) is 12.7. The SMILES string of the molecule is O=C(O)Cc1ccc(-n2c(O)c(C3=c4ccccc4=NC3=O)sc2=S)cc1. The Bertz CT molecular complexity index is 1270. The van der Waals surface area contributed by atoms with Crippen LogP contribution in [-0.4, -0.2) is 26.7 Å². The van der Waals surface area contributed by atoms with Crippen LogP contribution in [0.3, 0.4) is 0 Å². The van der Waals surface area contributed by atoms with Gasteiger partial charge in [0.05, 0.1) is 23.0 Å². The molecule has 0 saturated heterocycles. The van der Waals surface area contributed by atoms with Crippen LogP contribution >= 0.6 is 23.6 Å². The summed E-state index contributed by atoms with van der Waals surface area (Å²) < 4.78 is 1.83. The molecule has 1 aliphatic rings. The van der Waals surface area contributed by atoms with Crippen LogP contribution in [-0.2, 0) is 16.0 Å². The van der Waals surface area contributed by atoms with Crippen molar-refractivity contribution < 1.29 is 19.8 Å². The summed E-state index contributed by atoms with van der Waals surface area (Å²) in [4.78, 5) is 27.6. The number of hydrogen-bond acceptors (Lipinski definition) is 5. The number of aliphatic carboxylic acids is 1. The number of para-hydroxylation sites is 1. The number of carboxylic acids is 1. The van der Waals surface area contributed by atoms with Crippen LogP contribution in [0.5, 0.6) is 5.88 Å². The van der Waals surface area contributed by atoms with Crippen LogP contribution in [0.2, 0.25) is 0 Å². The number of amides is 1. The van der Waals surface area contributed by atoms with Gasteiger partial charge in [0.25, 0.3) is 5.91 Å². The maximum Gasteiger partial charge on any atom is 0.307 e. The molecule has 0 saturated carbocycles. The van der Waals surface area contributed by atoms with Gasteiger partial charge in [-0.25, -0.2) is 4.99 Å². The topological polar surface area (TPSA) is 91.9 Å². The van der Waals surface area contributed by atoms with Gasteiger partial charge in [-0.3, -0.25) is 14.2 Å². The number of fused-ring (bicyclic) bond motifs is 1. The van der Waals surface area contributed by atoms with Gasteiger partial charge in [-0.1, -0.05) is 30.3 Å². The summed E-state index contributed by atoms with van der Waals surface area (Å²) in [6.45, 7) is 0. The summed E-state index contributed by atoms with van der Waals surface area (Å²) in [6.07, 6.45) is -0.0860. The third kappa shape index (κ3) is 2.98. The number of aromatic hydroxyl groups is 1. The second-order valence-electron chi connectivity index (χ2n) is 5.90. The molecule has 0 fully saturated rings. The molecule has 1 aromatic heterocycles. The van der Waals surface area contributed by atoms with E-state index in [9.17, 15) is 14.7 Å². The van der Waals surface area contributed by atoms with Gasteiger partial charge in [0.1, 0.15) is 4.88 Å². The molecule has 134 valence electrons. The van der Waals surface area contributed by atoms with Gasteiger partial charge < -0.3 is 10.2 Å². The lowest BCUT2D eigenvalue weighted by molar-refractivity contribution is -0.136. The number of hydrogen-bond donors (Lipinski definition) is 2. The predicted octanol–water partition coefficient (Wildman–Crippen LogP) is 1.96. The van der Waals surface area contributed by atoms with Crippen molar-refractivity contribution in [2.45, 2.75) is 6.42 Å². The Kier molecular flexibility index (Phi) is 4.21. The summed E-state index contributed by atoms with van der Waals surface area (Å²) in [6, 6.07) is 13.8. The first-order valence-electron chi connectivity index (χ1n) is 7.94. The molecule has 6 nitrogen and oxygen atoms in total. The van der Waals surface area contributed by atoms with E-state index in [2.05, 4.69) is 4.99 Å². The fourth-order valence-corrected chi connectivity index (χ4v) is 4.36. The van der Waals surface area contributed by atoms with Crippen molar-refractivity contribution in [3.05, 3.63) is 73.5 Å². The van der Waals surface area contributed by atoms with E-state index in [-0.39, 0.29) is 12.3 Å². The Morgan fingerprint density at radius 1 is 1.15 bits per heavy atom. The number of benzene rings is 2. The fourth-order valence-electron chi connectivity index (χ4n) is 2.98. The molecule has 1 aliphatic heterocycles. The highest BCUT2D eigenvalue weighted by Crippen LogP contribution is 2.34. The Balaban J connectivity index is 1.85. The first-order chi connectivity index (χ1) is 13.0. The fraction of sp³-hybridized carbons (Fsp3) is 0.0526. The molecule has 2 aromatic carbocycles. The van der Waals surface area contributed by atoms with Gasteiger partial charge in [-0.2, -0.15) is 0 Å². The maximum atomic E-state index is 12.4. The van der Waals surface area contributed by atoms with E-state index in [1.54, 1.807) is 48.5 Å². The van der Waals surface area contributed by atoms with Gasteiger partial charge in [0.15, 0.2) is 3.95 Å². The van der Waals surface area contributed by atoms with Gasteiger partial charge in [0.2, 0.25) is 5.88 Å². The zero-order chi connectivity index (χ0) is 19.1. The lowest BCUT2D eigenvalue weighted by Crippen LogP contribution is -2.22. The molecule has 0 aliphatic carbocycles. The molecule has 0 spiro atoms. The Hall–Kier alpha value is -3.10. The third-order valence-electron chi connectivity index (χ3n) is 4.17. The molecule has 0 unspecified atom stereocenters. The zero-order valence-corrected chi connectivity index (χ0v) is 15.4. The van der Waals surface area contributed by atoms with Gasteiger partial charge in [-0.05, 0) is 36.0 Å². The molecule has 0 radical (unpaired) electrons. The monoisotopic (exact) mass is 396 g/mol. The highest BCUT2D eigenvalue weighted by atomic mass is 32.1.